The van der Waals surface area contributed by atoms with Gasteiger partial charge in [-0.15, -0.1) is 11.8 Å². The summed E-state index contributed by atoms with van der Waals surface area (Å²) in [6, 6.07) is 6.42. The van der Waals surface area contributed by atoms with Crippen LogP contribution >= 0.6 is 11.8 Å². The molecule has 0 bridgehead atoms. The minimum atomic E-state index is -1.40. The smallest absolute Gasteiger partial charge is 0.237 e. The van der Waals surface area contributed by atoms with Crippen LogP contribution in [-0.4, -0.2) is 104 Å². The number of carbonyl (C=O) groups excluding carboxylic acids is 1. The molecule has 3 heterocycles. The van der Waals surface area contributed by atoms with Gasteiger partial charge in [-0.25, -0.2) is 9.97 Å². The van der Waals surface area contributed by atoms with Crippen molar-refractivity contribution in [2.75, 3.05) is 25.2 Å². The van der Waals surface area contributed by atoms with Crippen LogP contribution in [0.25, 0.3) is 11.1 Å². The van der Waals surface area contributed by atoms with Crippen LogP contribution < -0.4 is 10.6 Å². The molecule has 10 nitrogen and oxygen atoms in total. The van der Waals surface area contributed by atoms with Crippen LogP contribution in [0.3, 0.4) is 0 Å². The fraction of sp³-hybridized carbons (Fsp3) is 0.607. The number of aromatic nitrogens is 2. The summed E-state index contributed by atoms with van der Waals surface area (Å²) >= 11 is 1.25. The molecule has 2 saturated heterocycles. The standard InChI is InChI=1S/C28H41N5O5S/c1-5-6-17-11-21(33(3)14-17)27(37)32-22(26-24(35)23(34)25(36)28(38-26)39-4)16(2)31-20-9-7-18(8-10-20)19-12-29-15-30-13-19/h7-10,12-13,15-17,21-26,28,31,34-36H,5-6,11,14H2,1-4H3,(H,32,37)/t16?,17-,21+,22-,23-,24?,25-,26-,28?/m1/s1. The predicted octanol–water partition coefficient (Wildman–Crippen LogP) is 1.72. The Morgan fingerprint density at radius 3 is 2.46 bits per heavy atom. The number of thioether (sulfide) groups is 1. The van der Waals surface area contributed by atoms with E-state index in [1.54, 1.807) is 18.6 Å². The molecule has 1 aromatic heterocycles. The largest absolute Gasteiger partial charge is 0.388 e. The number of nitrogens with one attached hydrogen (secondary N) is 2. The number of nitrogens with zero attached hydrogens (tertiary/aromatic N) is 3. The average molecular weight is 560 g/mol. The highest BCUT2D eigenvalue weighted by Crippen LogP contribution is 2.31. The van der Waals surface area contributed by atoms with E-state index in [4.69, 9.17) is 4.74 Å². The molecule has 4 rings (SSSR count). The van der Waals surface area contributed by atoms with Gasteiger partial charge in [0.25, 0.3) is 0 Å². The summed E-state index contributed by atoms with van der Waals surface area (Å²) in [7, 11) is 1.96. The summed E-state index contributed by atoms with van der Waals surface area (Å²) in [4.78, 5) is 23.8. The lowest BCUT2D eigenvalue weighted by atomic mass is 9.90. The van der Waals surface area contributed by atoms with Crippen LogP contribution in [0.4, 0.5) is 5.69 Å². The van der Waals surface area contributed by atoms with E-state index in [0.29, 0.717) is 5.92 Å². The highest BCUT2D eigenvalue weighted by Gasteiger charge is 2.48. The first-order chi connectivity index (χ1) is 18.7. The quantitative estimate of drug-likeness (QED) is 0.292. The fourth-order valence-corrected chi connectivity index (χ4v) is 6.39. The minimum Gasteiger partial charge on any atom is -0.388 e. The number of hydrogen-bond acceptors (Lipinski definition) is 10. The predicted molar refractivity (Wildman–Crippen MR) is 152 cm³/mol. The van der Waals surface area contributed by atoms with Gasteiger partial charge in [-0.3, -0.25) is 9.69 Å². The molecule has 214 valence electrons. The maximum atomic E-state index is 13.6. The van der Waals surface area contributed by atoms with Crippen molar-refractivity contribution >= 4 is 23.4 Å². The minimum absolute atomic E-state index is 0.133. The summed E-state index contributed by atoms with van der Waals surface area (Å²) in [6.45, 7) is 4.93. The molecule has 1 amide bonds. The Balaban J connectivity index is 1.54. The van der Waals surface area contributed by atoms with Crippen LogP contribution in [0.15, 0.2) is 43.0 Å². The number of likely N-dealkylation sites (N-methyl/N-ethyl adjacent to an activating group) is 1. The first kappa shape index (κ1) is 29.7. The van der Waals surface area contributed by atoms with Crippen molar-refractivity contribution in [1.29, 1.82) is 0 Å². The van der Waals surface area contributed by atoms with Crippen molar-refractivity contribution in [2.24, 2.45) is 5.92 Å². The molecule has 2 aliphatic rings. The molecular weight excluding hydrogens is 518 g/mol. The highest BCUT2D eigenvalue weighted by molar-refractivity contribution is 7.99. The summed E-state index contributed by atoms with van der Waals surface area (Å²) in [6.07, 6.45) is 4.72. The van der Waals surface area contributed by atoms with E-state index in [9.17, 15) is 20.1 Å². The molecule has 2 aromatic rings. The van der Waals surface area contributed by atoms with Gasteiger partial charge in [-0.2, -0.15) is 0 Å². The van der Waals surface area contributed by atoms with Gasteiger partial charge in [0.1, 0.15) is 36.2 Å². The lowest BCUT2D eigenvalue weighted by Gasteiger charge is -2.45. The Bertz CT molecular complexity index is 1060. The van der Waals surface area contributed by atoms with Crippen LogP contribution in [0, 0.1) is 5.92 Å². The van der Waals surface area contributed by atoms with E-state index in [0.717, 1.165) is 42.6 Å². The van der Waals surface area contributed by atoms with Crippen molar-refractivity contribution in [3.8, 4) is 11.1 Å². The van der Waals surface area contributed by atoms with Gasteiger partial charge in [0.05, 0.1) is 12.1 Å². The molecule has 1 aromatic carbocycles. The topological polar surface area (TPSA) is 140 Å². The summed E-state index contributed by atoms with van der Waals surface area (Å²) in [5, 5.41) is 38.6. The van der Waals surface area contributed by atoms with Crippen LogP contribution in [-0.2, 0) is 9.53 Å². The Hall–Kier alpha value is -2.28. The van der Waals surface area contributed by atoms with Gasteiger partial charge in [-0.1, -0.05) is 25.5 Å². The van der Waals surface area contributed by atoms with Gasteiger partial charge in [0.15, 0.2) is 0 Å². The molecule has 11 heteroatoms. The highest BCUT2D eigenvalue weighted by atomic mass is 32.2. The zero-order valence-corrected chi connectivity index (χ0v) is 23.8. The van der Waals surface area contributed by atoms with Crippen molar-refractivity contribution in [1.82, 2.24) is 20.2 Å². The van der Waals surface area contributed by atoms with Gasteiger partial charge in [0.2, 0.25) is 5.91 Å². The number of likely N-dealkylation sites (tertiary alicyclic amines) is 1. The SMILES string of the molecule is CCC[C@@H]1C[C@@H](C(=O)N[C@H](C(C)Nc2ccc(-c3cncnc3)cc2)[C@H]2OC(SC)[C@H](O)[C@H](O)C2O)N(C)C1. The third kappa shape index (κ3) is 6.90. The van der Waals surface area contributed by atoms with E-state index < -0.39 is 35.9 Å². The van der Waals surface area contributed by atoms with Gasteiger partial charge < -0.3 is 30.7 Å². The maximum absolute atomic E-state index is 13.6. The molecular formula is C28H41N5O5S. The Labute approximate surface area is 234 Å². The Morgan fingerprint density at radius 1 is 1.13 bits per heavy atom. The first-order valence-corrected chi connectivity index (χ1v) is 14.9. The monoisotopic (exact) mass is 559 g/mol. The van der Waals surface area contributed by atoms with E-state index >= 15 is 0 Å². The number of rotatable bonds is 10. The number of ether oxygens (including phenoxy) is 1. The molecule has 2 fully saturated rings. The lowest BCUT2D eigenvalue weighted by molar-refractivity contribution is -0.206. The number of aliphatic hydroxyl groups excluding tert-OH is 3. The molecule has 0 radical (unpaired) electrons. The third-order valence-electron chi connectivity index (χ3n) is 7.85. The first-order valence-electron chi connectivity index (χ1n) is 13.6. The molecule has 0 aliphatic carbocycles. The number of aliphatic hydroxyl groups is 3. The molecule has 3 unspecified atom stereocenters. The summed E-state index contributed by atoms with van der Waals surface area (Å²) < 4.78 is 6.10. The number of carbonyl (C=O) groups is 1. The zero-order valence-electron chi connectivity index (χ0n) is 23.0. The normalized spacial score (nSPS) is 31.0. The molecule has 9 atom stereocenters. The summed E-state index contributed by atoms with van der Waals surface area (Å²) in [5.74, 6) is 0.332. The third-order valence-corrected chi connectivity index (χ3v) is 8.70. The van der Waals surface area contributed by atoms with E-state index in [1.807, 2.05) is 38.2 Å². The van der Waals surface area contributed by atoms with Gasteiger partial charge >= 0.3 is 0 Å². The van der Waals surface area contributed by atoms with E-state index in [2.05, 4.69) is 32.4 Å². The van der Waals surface area contributed by atoms with Gasteiger partial charge in [-0.05, 0) is 56.7 Å². The number of amides is 1. The molecule has 0 saturated carbocycles. The van der Waals surface area contributed by atoms with Crippen LogP contribution in [0.1, 0.15) is 33.1 Å². The zero-order chi connectivity index (χ0) is 28.1. The summed E-state index contributed by atoms with van der Waals surface area (Å²) in [5.41, 5.74) is 1.94. The number of benzene rings is 1. The van der Waals surface area contributed by atoms with Crippen molar-refractivity contribution in [3.05, 3.63) is 43.0 Å². The molecule has 2 aliphatic heterocycles. The van der Waals surface area contributed by atoms with Gasteiger partial charge in [0, 0.05) is 36.2 Å². The second kappa shape index (κ2) is 13.4. The Morgan fingerprint density at radius 2 is 1.82 bits per heavy atom. The molecule has 0 spiro atoms. The second-order valence-corrected chi connectivity index (χ2v) is 11.6. The van der Waals surface area contributed by atoms with E-state index in [1.165, 1.54) is 18.1 Å². The molecule has 5 N–H and O–H groups in total. The second-order valence-electron chi connectivity index (χ2n) is 10.7. The van der Waals surface area contributed by atoms with Crippen LogP contribution in [0.5, 0.6) is 0 Å². The van der Waals surface area contributed by atoms with Crippen LogP contribution in [0.2, 0.25) is 0 Å². The fourth-order valence-electron chi connectivity index (χ4n) is 5.71. The van der Waals surface area contributed by atoms with E-state index in [-0.39, 0.29) is 18.0 Å². The lowest BCUT2D eigenvalue weighted by Crippen LogP contribution is -2.66. The number of hydrogen-bond donors (Lipinski definition) is 5. The van der Waals surface area contributed by atoms with Crippen molar-refractivity contribution < 1.29 is 24.9 Å². The Kier molecular flexibility index (Phi) is 10.2. The average Bonchev–Trinajstić information content (AvgIpc) is 3.32. The number of anilines is 1. The van der Waals surface area contributed by atoms with Crippen molar-refractivity contribution in [2.45, 2.75) is 81.1 Å². The van der Waals surface area contributed by atoms with Crippen molar-refractivity contribution in [3.63, 3.8) is 0 Å². The molecule has 39 heavy (non-hydrogen) atoms. The maximum Gasteiger partial charge on any atom is 0.237 e.